The van der Waals surface area contributed by atoms with E-state index < -0.39 is 6.09 Å². The molecule has 0 radical (unpaired) electrons. The van der Waals surface area contributed by atoms with Crippen molar-refractivity contribution in [1.82, 2.24) is 20.1 Å². The van der Waals surface area contributed by atoms with Gasteiger partial charge < -0.3 is 29.6 Å². The topological polar surface area (TPSA) is 69.8 Å². The van der Waals surface area contributed by atoms with Crippen LogP contribution in [0.4, 0.5) is 4.79 Å². The molecule has 2 N–H and O–H groups in total. The van der Waals surface area contributed by atoms with Crippen molar-refractivity contribution in [2.24, 2.45) is 0 Å². The van der Waals surface area contributed by atoms with Crippen molar-refractivity contribution in [2.75, 3.05) is 45.9 Å². The van der Waals surface area contributed by atoms with Gasteiger partial charge in [-0.1, -0.05) is 30.7 Å². The number of hydrogen-bond donors (Lipinski definition) is 2. The predicted molar refractivity (Wildman–Crippen MR) is 144 cm³/mol. The third-order valence-electron chi connectivity index (χ3n) is 7.41. The summed E-state index contributed by atoms with van der Waals surface area (Å²) in [5, 5.41) is 4.09. The van der Waals surface area contributed by atoms with Crippen LogP contribution in [0.3, 0.4) is 0 Å². The van der Waals surface area contributed by atoms with Gasteiger partial charge in [-0.15, -0.1) is 0 Å². The Morgan fingerprint density at radius 1 is 0.972 bits per heavy atom. The van der Waals surface area contributed by atoms with Gasteiger partial charge in [-0.05, 0) is 75.0 Å². The zero-order chi connectivity index (χ0) is 24.7. The first-order chi connectivity index (χ1) is 17.7. The number of carbonyl (C=O) groups excluding carboxylic acids is 1. The molecule has 1 amide bonds. The van der Waals surface area contributed by atoms with Crippen LogP contribution >= 0.6 is 0 Å². The molecule has 7 nitrogen and oxygen atoms in total. The van der Waals surface area contributed by atoms with Gasteiger partial charge in [-0.2, -0.15) is 0 Å². The van der Waals surface area contributed by atoms with Crippen molar-refractivity contribution in [3.63, 3.8) is 0 Å². The summed E-state index contributed by atoms with van der Waals surface area (Å²) in [7, 11) is 0. The fraction of sp³-hybridized carbons (Fsp3) is 0.483. The summed E-state index contributed by atoms with van der Waals surface area (Å²) in [6.45, 7) is 9.47. The van der Waals surface area contributed by atoms with Crippen molar-refractivity contribution in [3.8, 4) is 22.8 Å². The van der Waals surface area contributed by atoms with Crippen LogP contribution in [0.15, 0.2) is 48.5 Å². The molecule has 1 aromatic heterocycles. The number of rotatable bonds is 8. The molecule has 7 heteroatoms. The van der Waals surface area contributed by atoms with E-state index in [1.165, 1.54) is 38.9 Å². The number of nitrogens with zero attached hydrogens (tertiary/aromatic N) is 2. The number of ether oxygens (including phenoxy) is 2. The van der Waals surface area contributed by atoms with Gasteiger partial charge in [0.25, 0.3) is 0 Å². The SMILES string of the molecule is CCOc1ccc(-c2cccc3[nH]c(OC(=O)NC4CCN(CCN5CCCCC5)CC4)cc23)cc1. The first-order valence-electron chi connectivity index (χ1n) is 13.5. The van der Waals surface area contributed by atoms with Gasteiger partial charge in [0.15, 0.2) is 0 Å². The Morgan fingerprint density at radius 3 is 2.42 bits per heavy atom. The Kier molecular flexibility index (Phi) is 8.08. The van der Waals surface area contributed by atoms with E-state index in [-0.39, 0.29) is 6.04 Å². The van der Waals surface area contributed by atoms with Crippen LogP contribution in [0.1, 0.15) is 39.0 Å². The fourth-order valence-corrected chi connectivity index (χ4v) is 5.40. The molecule has 2 aliphatic heterocycles. The molecule has 0 unspecified atom stereocenters. The highest BCUT2D eigenvalue weighted by Crippen LogP contribution is 2.32. The number of H-pyrrole nitrogens is 1. The van der Waals surface area contributed by atoms with E-state index in [1.54, 1.807) is 0 Å². The number of aromatic nitrogens is 1. The van der Waals surface area contributed by atoms with Crippen LogP contribution in [-0.4, -0.2) is 72.8 Å². The zero-order valence-electron chi connectivity index (χ0n) is 21.3. The van der Waals surface area contributed by atoms with Gasteiger partial charge in [-0.3, -0.25) is 0 Å². The van der Waals surface area contributed by atoms with E-state index >= 15 is 0 Å². The van der Waals surface area contributed by atoms with E-state index in [4.69, 9.17) is 9.47 Å². The van der Waals surface area contributed by atoms with E-state index in [9.17, 15) is 4.79 Å². The quantitative estimate of drug-likeness (QED) is 0.450. The number of likely N-dealkylation sites (tertiary alicyclic amines) is 2. The molecule has 3 aromatic rings. The standard InChI is InChI=1S/C29H38N4O3/c1-2-35-24-11-9-22(10-12-24)25-7-6-8-27-26(25)21-28(31-27)36-29(34)30-23-13-17-33(18-14-23)20-19-32-15-4-3-5-16-32/h6-12,21,23,31H,2-5,13-20H2,1H3,(H,30,34). The largest absolute Gasteiger partial charge is 0.494 e. The van der Waals surface area contributed by atoms with Crippen LogP contribution in [0.25, 0.3) is 22.0 Å². The van der Waals surface area contributed by atoms with E-state index in [2.05, 4.69) is 38.3 Å². The van der Waals surface area contributed by atoms with Crippen LogP contribution in [0.5, 0.6) is 11.6 Å². The molecule has 2 aromatic carbocycles. The van der Waals surface area contributed by atoms with Crippen LogP contribution in [0, 0.1) is 0 Å². The number of nitrogens with one attached hydrogen (secondary N) is 2. The van der Waals surface area contributed by atoms with Crippen molar-refractivity contribution < 1.29 is 14.3 Å². The summed E-state index contributed by atoms with van der Waals surface area (Å²) in [6, 6.07) is 16.2. The number of aromatic amines is 1. The molecule has 2 fully saturated rings. The lowest BCUT2D eigenvalue weighted by Crippen LogP contribution is -2.47. The molecule has 0 saturated carbocycles. The second-order valence-corrected chi connectivity index (χ2v) is 9.91. The molecule has 2 aliphatic rings. The molecule has 36 heavy (non-hydrogen) atoms. The number of piperidine rings is 2. The molecule has 5 rings (SSSR count). The predicted octanol–water partition coefficient (Wildman–Crippen LogP) is 5.27. The maximum Gasteiger partial charge on any atom is 0.414 e. The van der Waals surface area contributed by atoms with Gasteiger partial charge in [-0.25, -0.2) is 4.79 Å². The van der Waals surface area contributed by atoms with E-state index in [1.807, 2.05) is 37.3 Å². The lowest BCUT2D eigenvalue weighted by Gasteiger charge is -2.34. The number of amides is 1. The minimum atomic E-state index is -0.393. The number of carbonyl (C=O) groups is 1. The van der Waals surface area contributed by atoms with Gasteiger partial charge >= 0.3 is 6.09 Å². The van der Waals surface area contributed by atoms with Crippen molar-refractivity contribution in [2.45, 2.75) is 45.1 Å². The molecule has 0 atom stereocenters. The van der Waals surface area contributed by atoms with Crippen LogP contribution < -0.4 is 14.8 Å². The second-order valence-electron chi connectivity index (χ2n) is 9.91. The maximum atomic E-state index is 12.6. The summed E-state index contributed by atoms with van der Waals surface area (Å²) in [5.74, 6) is 1.32. The van der Waals surface area contributed by atoms with Gasteiger partial charge in [0, 0.05) is 49.2 Å². The highest BCUT2D eigenvalue weighted by molar-refractivity contribution is 5.96. The van der Waals surface area contributed by atoms with Crippen molar-refractivity contribution >= 4 is 17.0 Å². The minimum absolute atomic E-state index is 0.160. The molecular weight excluding hydrogens is 452 g/mol. The smallest absolute Gasteiger partial charge is 0.414 e. The lowest BCUT2D eigenvalue weighted by atomic mass is 10.0. The third-order valence-corrected chi connectivity index (χ3v) is 7.41. The second kappa shape index (κ2) is 11.8. The molecule has 3 heterocycles. The molecule has 0 spiro atoms. The van der Waals surface area contributed by atoms with Crippen molar-refractivity contribution in [3.05, 3.63) is 48.5 Å². The molecule has 192 valence electrons. The molecule has 0 aliphatic carbocycles. The maximum absolute atomic E-state index is 12.6. The zero-order valence-corrected chi connectivity index (χ0v) is 21.3. The summed E-state index contributed by atoms with van der Waals surface area (Å²) in [6.07, 6.45) is 5.59. The monoisotopic (exact) mass is 490 g/mol. The number of benzene rings is 2. The van der Waals surface area contributed by atoms with Gasteiger partial charge in [0.05, 0.1) is 6.61 Å². The van der Waals surface area contributed by atoms with Gasteiger partial charge in [0.2, 0.25) is 5.88 Å². The molecular formula is C29H38N4O3. The highest BCUT2D eigenvalue weighted by Gasteiger charge is 2.22. The third kappa shape index (κ3) is 6.20. The Labute approximate surface area is 213 Å². The molecule has 0 bridgehead atoms. The summed E-state index contributed by atoms with van der Waals surface area (Å²) in [4.78, 5) is 21.0. The molecule has 2 saturated heterocycles. The highest BCUT2D eigenvalue weighted by atomic mass is 16.6. The Bertz CT molecular complexity index is 1130. The van der Waals surface area contributed by atoms with Crippen LogP contribution in [-0.2, 0) is 0 Å². The average Bonchev–Trinajstić information content (AvgIpc) is 3.32. The summed E-state index contributed by atoms with van der Waals surface area (Å²) < 4.78 is 11.2. The average molecular weight is 491 g/mol. The Hall–Kier alpha value is -3.03. The normalized spacial score (nSPS) is 17.8. The first-order valence-corrected chi connectivity index (χ1v) is 13.5. The summed E-state index contributed by atoms with van der Waals surface area (Å²) >= 11 is 0. The first kappa shape index (κ1) is 24.7. The van der Waals surface area contributed by atoms with Crippen molar-refractivity contribution in [1.29, 1.82) is 0 Å². The fourth-order valence-electron chi connectivity index (χ4n) is 5.40. The number of hydrogen-bond acceptors (Lipinski definition) is 5. The number of fused-ring (bicyclic) bond motifs is 1. The van der Waals surface area contributed by atoms with E-state index in [0.717, 1.165) is 60.3 Å². The Morgan fingerprint density at radius 2 is 1.69 bits per heavy atom. The lowest BCUT2D eigenvalue weighted by molar-refractivity contribution is 0.148. The minimum Gasteiger partial charge on any atom is -0.494 e. The van der Waals surface area contributed by atoms with Crippen LogP contribution in [0.2, 0.25) is 0 Å². The van der Waals surface area contributed by atoms with E-state index in [0.29, 0.717) is 12.5 Å². The summed E-state index contributed by atoms with van der Waals surface area (Å²) in [5.41, 5.74) is 3.11. The Balaban J connectivity index is 1.13. The van der Waals surface area contributed by atoms with Gasteiger partial charge in [0.1, 0.15) is 5.75 Å².